The number of fused-ring (bicyclic) bond motifs is 1. The average Bonchev–Trinajstić information content (AvgIpc) is 2.69. The Balaban J connectivity index is 1.90. The van der Waals surface area contributed by atoms with E-state index in [0.29, 0.717) is 6.42 Å². The van der Waals surface area contributed by atoms with Crippen molar-refractivity contribution < 1.29 is 13.5 Å². The molecule has 10 heteroatoms. The fourth-order valence-electron chi connectivity index (χ4n) is 3.13. The first-order valence-electron chi connectivity index (χ1n) is 9.01. The number of aliphatic hydroxyl groups is 1. The minimum absolute atomic E-state index is 0.00133. The van der Waals surface area contributed by atoms with Crippen LogP contribution in [0.15, 0.2) is 57.1 Å². The summed E-state index contributed by atoms with van der Waals surface area (Å²) in [5.74, 6) is -0.233. The first-order chi connectivity index (χ1) is 13.7. The number of aromatic amines is 1. The Bertz CT molecular complexity index is 1230. The molecule has 0 radical (unpaired) electrons. The number of aliphatic hydroxyl groups excluding tert-OH is 1. The number of hydrogen-bond acceptors (Lipinski definition) is 6. The van der Waals surface area contributed by atoms with Gasteiger partial charge in [-0.15, -0.1) is 0 Å². The van der Waals surface area contributed by atoms with Crippen LogP contribution in [-0.4, -0.2) is 40.7 Å². The molecule has 29 heavy (non-hydrogen) atoms. The van der Waals surface area contributed by atoms with Crippen LogP contribution < -0.4 is 16.0 Å². The van der Waals surface area contributed by atoms with Crippen molar-refractivity contribution in [1.82, 2.24) is 19.3 Å². The van der Waals surface area contributed by atoms with Gasteiger partial charge in [-0.3, -0.25) is 14.3 Å². The van der Waals surface area contributed by atoms with Crippen molar-refractivity contribution in [2.45, 2.75) is 30.3 Å². The van der Waals surface area contributed by atoms with Crippen LogP contribution >= 0.6 is 0 Å². The van der Waals surface area contributed by atoms with Crippen LogP contribution in [0, 0.1) is 0 Å². The normalized spacial score (nSPS) is 14.0. The van der Waals surface area contributed by atoms with Gasteiger partial charge >= 0.3 is 5.69 Å². The lowest BCUT2D eigenvalue weighted by atomic mass is 9.94. The summed E-state index contributed by atoms with van der Waals surface area (Å²) < 4.78 is 29.2. The summed E-state index contributed by atoms with van der Waals surface area (Å²) in [6, 6.07) is 10.5. The van der Waals surface area contributed by atoms with Gasteiger partial charge in [-0.05, 0) is 30.9 Å². The van der Waals surface area contributed by atoms with Crippen molar-refractivity contribution in [3.8, 4) is 0 Å². The Morgan fingerprint density at radius 2 is 1.93 bits per heavy atom. The Kier molecular flexibility index (Phi) is 5.96. The van der Waals surface area contributed by atoms with E-state index in [1.54, 1.807) is 6.92 Å². The molecule has 0 saturated heterocycles. The lowest BCUT2D eigenvalue weighted by molar-refractivity contribution is 0.174. The first kappa shape index (κ1) is 20.9. The monoisotopic (exact) mass is 418 g/mol. The molecular weight excluding hydrogens is 396 g/mol. The molecule has 0 aliphatic heterocycles. The number of benzene rings is 1. The lowest BCUT2D eigenvalue weighted by Gasteiger charge is -2.19. The molecule has 2 aromatic heterocycles. The second-order valence-electron chi connectivity index (χ2n) is 6.90. The summed E-state index contributed by atoms with van der Waals surface area (Å²) in [4.78, 5) is 29.6. The molecule has 0 fully saturated rings. The molecule has 0 aliphatic carbocycles. The van der Waals surface area contributed by atoms with Gasteiger partial charge in [0.25, 0.3) is 5.56 Å². The van der Waals surface area contributed by atoms with Crippen LogP contribution in [0.1, 0.15) is 24.8 Å². The summed E-state index contributed by atoms with van der Waals surface area (Å²) in [7, 11) is -2.53. The fourth-order valence-corrected chi connectivity index (χ4v) is 4.18. The maximum absolute atomic E-state index is 12.8. The zero-order valence-electron chi connectivity index (χ0n) is 16.0. The summed E-state index contributed by atoms with van der Waals surface area (Å²) in [6.45, 7) is 1.72. The summed E-state index contributed by atoms with van der Waals surface area (Å²) in [5, 5.41) is 9.77. The predicted molar refractivity (Wildman–Crippen MR) is 108 cm³/mol. The van der Waals surface area contributed by atoms with Gasteiger partial charge in [0, 0.05) is 19.8 Å². The van der Waals surface area contributed by atoms with Crippen molar-refractivity contribution in [1.29, 1.82) is 0 Å². The zero-order chi connectivity index (χ0) is 21.2. The van der Waals surface area contributed by atoms with Gasteiger partial charge in [-0.1, -0.05) is 30.3 Å². The molecule has 0 unspecified atom stereocenters. The first-order valence-corrected chi connectivity index (χ1v) is 10.5. The van der Waals surface area contributed by atoms with Gasteiger partial charge in [-0.2, -0.15) is 0 Å². The second-order valence-corrected chi connectivity index (χ2v) is 8.67. The number of H-pyrrole nitrogens is 1. The third-order valence-electron chi connectivity index (χ3n) is 4.66. The van der Waals surface area contributed by atoms with Gasteiger partial charge in [0.2, 0.25) is 10.0 Å². The molecule has 3 rings (SSSR count). The van der Waals surface area contributed by atoms with E-state index in [9.17, 15) is 23.1 Å². The molecule has 0 bridgehead atoms. The van der Waals surface area contributed by atoms with Crippen LogP contribution in [-0.2, 0) is 17.1 Å². The largest absolute Gasteiger partial charge is 0.393 e. The fraction of sp³-hybridized carbons (Fsp3) is 0.316. The minimum Gasteiger partial charge on any atom is -0.393 e. The SMILES string of the molecule is C[C@@H](O)C[C@@H](CNS(=O)(=O)c1cnc2c(c1)c(=O)[nH]c(=O)n2C)c1ccccc1. The lowest BCUT2D eigenvalue weighted by Crippen LogP contribution is -2.31. The number of nitrogens with one attached hydrogen (secondary N) is 2. The summed E-state index contributed by atoms with van der Waals surface area (Å²) in [6.07, 6.45) is 0.881. The maximum Gasteiger partial charge on any atom is 0.329 e. The van der Waals surface area contributed by atoms with Crippen molar-refractivity contribution in [3.05, 3.63) is 69.0 Å². The Labute approximate surface area is 167 Å². The van der Waals surface area contributed by atoms with Gasteiger partial charge in [0.1, 0.15) is 10.5 Å². The molecular formula is C19H22N4O5S. The number of sulfonamides is 1. The molecule has 3 aromatic rings. The van der Waals surface area contributed by atoms with Crippen LogP contribution in [0.5, 0.6) is 0 Å². The zero-order valence-corrected chi connectivity index (χ0v) is 16.8. The van der Waals surface area contributed by atoms with E-state index in [2.05, 4.69) is 14.7 Å². The Hall–Kier alpha value is -2.82. The van der Waals surface area contributed by atoms with Crippen LogP contribution in [0.3, 0.4) is 0 Å². The molecule has 0 spiro atoms. The van der Waals surface area contributed by atoms with Gasteiger partial charge in [0.05, 0.1) is 11.5 Å². The number of aryl methyl sites for hydroxylation is 1. The van der Waals surface area contributed by atoms with Gasteiger partial charge < -0.3 is 5.11 Å². The quantitative estimate of drug-likeness (QED) is 0.510. The average molecular weight is 418 g/mol. The number of aromatic nitrogens is 3. The number of nitrogens with zero attached hydrogens (tertiary/aromatic N) is 2. The number of rotatable bonds is 7. The van der Waals surface area contributed by atoms with Crippen molar-refractivity contribution in [3.63, 3.8) is 0 Å². The highest BCUT2D eigenvalue weighted by atomic mass is 32.2. The standard InChI is InChI=1S/C19H22N4O5S/c1-12(24)8-14(13-6-4-3-5-7-13)10-21-29(27,28)15-9-16-17(20-11-15)23(2)19(26)22-18(16)25/h3-7,9,11-12,14,21,24H,8,10H2,1-2H3,(H,22,25,26)/t12-,14+/m1/s1. The molecule has 9 nitrogen and oxygen atoms in total. The third kappa shape index (κ3) is 4.61. The van der Waals surface area contributed by atoms with Crippen LogP contribution in [0.4, 0.5) is 0 Å². The third-order valence-corrected chi connectivity index (χ3v) is 6.05. The topological polar surface area (TPSA) is 134 Å². The molecule has 3 N–H and O–H groups in total. The minimum atomic E-state index is -3.96. The molecule has 0 amide bonds. The highest BCUT2D eigenvalue weighted by Crippen LogP contribution is 2.21. The Morgan fingerprint density at radius 3 is 2.59 bits per heavy atom. The smallest absolute Gasteiger partial charge is 0.329 e. The van der Waals surface area contributed by atoms with Crippen LogP contribution in [0.25, 0.3) is 11.0 Å². The van der Waals surface area contributed by atoms with Crippen LogP contribution in [0.2, 0.25) is 0 Å². The molecule has 0 aliphatic rings. The Morgan fingerprint density at radius 1 is 1.24 bits per heavy atom. The van der Waals surface area contributed by atoms with E-state index in [1.807, 2.05) is 30.3 Å². The molecule has 154 valence electrons. The molecule has 2 heterocycles. The van der Waals surface area contributed by atoms with E-state index in [1.165, 1.54) is 13.1 Å². The number of pyridine rings is 1. The van der Waals surface area contributed by atoms with Gasteiger partial charge in [-0.25, -0.2) is 22.9 Å². The summed E-state index contributed by atoms with van der Waals surface area (Å²) in [5.41, 5.74) is -0.343. The second kappa shape index (κ2) is 8.27. The molecule has 2 atom stereocenters. The van der Waals surface area contributed by atoms with E-state index in [-0.39, 0.29) is 28.4 Å². The van der Waals surface area contributed by atoms with Crippen molar-refractivity contribution >= 4 is 21.1 Å². The highest BCUT2D eigenvalue weighted by molar-refractivity contribution is 7.89. The van der Waals surface area contributed by atoms with Gasteiger partial charge in [0.15, 0.2) is 0 Å². The van der Waals surface area contributed by atoms with E-state index < -0.39 is 27.4 Å². The van der Waals surface area contributed by atoms with Crippen molar-refractivity contribution in [2.75, 3.05) is 6.54 Å². The number of hydrogen-bond donors (Lipinski definition) is 3. The van der Waals surface area contributed by atoms with E-state index in [0.717, 1.165) is 16.3 Å². The maximum atomic E-state index is 12.8. The van der Waals surface area contributed by atoms with Crippen molar-refractivity contribution in [2.24, 2.45) is 7.05 Å². The highest BCUT2D eigenvalue weighted by Gasteiger charge is 2.21. The van der Waals surface area contributed by atoms with E-state index in [4.69, 9.17) is 0 Å². The van der Waals surface area contributed by atoms with E-state index >= 15 is 0 Å². The molecule has 0 saturated carbocycles. The molecule has 1 aromatic carbocycles. The predicted octanol–water partition coefficient (Wildman–Crippen LogP) is 0.455. The summed E-state index contributed by atoms with van der Waals surface area (Å²) >= 11 is 0.